The molecule has 0 amide bonds. The van der Waals surface area contributed by atoms with Crippen molar-refractivity contribution in [1.82, 2.24) is 0 Å². The summed E-state index contributed by atoms with van der Waals surface area (Å²) in [5, 5.41) is 3.23. The highest BCUT2D eigenvalue weighted by Crippen LogP contribution is 2.64. The number of fused-ring (bicyclic) bond motifs is 2. The molecular formula is C24H25OP. The first kappa shape index (κ1) is 16.3. The molecule has 0 aliphatic heterocycles. The van der Waals surface area contributed by atoms with Crippen LogP contribution in [-0.4, -0.2) is 0 Å². The maximum Gasteiger partial charge on any atom is 0.171 e. The second-order valence-electron chi connectivity index (χ2n) is 7.91. The number of rotatable bonds is 3. The normalized spacial score (nSPS) is 25.0. The summed E-state index contributed by atoms with van der Waals surface area (Å²) in [6, 6.07) is 20.5. The standard InChI is InChI=1S/C24H25OP/c25-26(20-11-3-1-4-12-20,21-13-5-2-6-14-21)24-22-15-7-9-18(22)17-19-10-8-16-23(19)24/h1-6,11-15,18-19H,7-10,16-17H2/t18-,19-/m1/s1. The van der Waals surface area contributed by atoms with Crippen LogP contribution >= 0.6 is 7.14 Å². The van der Waals surface area contributed by atoms with Gasteiger partial charge in [0.05, 0.1) is 0 Å². The van der Waals surface area contributed by atoms with E-state index in [1.807, 2.05) is 36.4 Å². The Hall–Kier alpha value is -1.85. The van der Waals surface area contributed by atoms with Crippen LogP contribution in [0.5, 0.6) is 0 Å². The van der Waals surface area contributed by atoms with Gasteiger partial charge in [0, 0.05) is 15.9 Å². The van der Waals surface area contributed by atoms with Crippen LogP contribution in [0.4, 0.5) is 0 Å². The largest absolute Gasteiger partial charge is 0.309 e. The molecule has 1 saturated carbocycles. The van der Waals surface area contributed by atoms with Crippen LogP contribution in [0.1, 0.15) is 38.5 Å². The summed E-state index contributed by atoms with van der Waals surface area (Å²) in [7, 11) is -2.83. The quantitative estimate of drug-likeness (QED) is 0.633. The highest BCUT2D eigenvalue weighted by atomic mass is 31.2. The smallest absolute Gasteiger partial charge is 0.171 e. The van der Waals surface area contributed by atoms with Crippen LogP contribution in [0.2, 0.25) is 0 Å². The third-order valence-electron chi connectivity index (χ3n) is 6.51. The summed E-state index contributed by atoms with van der Waals surface area (Å²) in [6.07, 6.45) is 9.75. The molecule has 5 rings (SSSR count). The maximum atomic E-state index is 15.0. The van der Waals surface area contributed by atoms with Gasteiger partial charge < -0.3 is 4.57 Å². The topological polar surface area (TPSA) is 17.1 Å². The molecular weight excluding hydrogens is 335 g/mol. The zero-order valence-electron chi connectivity index (χ0n) is 15.1. The molecule has 0 saturated heterocycles. The minimum atomic E-state index is -2.83. The third-order valence-corrected chi connectivity index (χ3v) is 9.74. The van der Waals surface area contributed by atoms with E-state index < -0.39 is 7.14 Å². The molecule has 2 aromatic carbocycles. The number of hydrogen-bond donors (Lipinski definition) is 0. The van der Waals surface area contributed by atoms with Gasteiger partial charge in [-0.2, -0.15) is 0 Å². The van der Waals surface area contributed by atoms with Crippen molar-refractivity contribution in [3.05, 3.63) is 83.2 Å². The Balaban J connectivity index is 1.81. The molecule has 1 nitrogen and oxygen atoms in total. The Morgan fingerprint density at radius 3 is 2.12 bits per heavy atom. The van der Waals surface area contributed by atoms with E-state index in [-0.39, 0.29) is 0 Å². The number of benzene rings is 2. The summed E-state index contributed by atoms with van der Waals surface area (Å²) < 4.78 is 15.0. The SMILES string of the molecule is O=P(C1=C2CCC[C@@H]2C[C@H]2CCC=C12)(c1ccccc1)c1ccccc1. The fourth-order valence-electron chi connectivity index (χ4n) is 5.38. The zero-order valence-corrected chi connectivity index (χ0v) is 16.0. The highest BCUT2D eigenvalue weighted by Gasteiger charge is 2.45. The molecule has 132 valence electrons. The monoisotopic (exact) mass is 360 g/mol. The lowest BCUT2D eigenvalue weighted by atomic mass is 9.80. The lowest BCUT2D eigenvalue weighted by molar-refractivity contribution is 0.439. The molecule has 3 aliphatic rings. The second kappa shape index (κ2) is 6.39. The Morgan fingerprint density at radius 1 is 0.808 bits per heavy atom. The van der Waals surface area contributed by atoms with E-state index >= 15 is 0 Å². The van der Waals surface area contributed by atoms with Gasteiger partial charge in [-0.3, -0.25) is 0 Å². The van der Waals surface area contributed by atoms with Gasteiger partial charge in [-0.1, -0.05) is 72.3 Å². The fraction of sp³-hybridized carbons (Fsp3) is 0.333. The molecule has 1 fully saturated rings. The summed E-state index contributed by atoms with van der Waals surface area (Å²) in [4.78, 5) is 0. The average Bonchev–Trinajstić information content (AvgIpc) is 3.35. The molecule has 0 unspecified atom stereocenters. The molecule has 0 N–H and O–H groups in total. The van der Waals surface area contributed by atoms with Gasteiger partial charge in [0.2, 0.25) is 0 Å². The van der Waals surface area contributed by atoms with Crippen LogP contribution in [-0.2, 0) is 4.57 Å². The summed E-state index contributed by atoms with van der Waals surface area (Å²) in [5.74, 6) is 1.28. The van der Waals surface area contributed by atoms with Crippen molar-refractivity contribution >= 4 is 17.8 Å². The van der Waals surface area contributed by atoms with Crippen LogP contribution in [0.15, 0.2) is 83.2 Å². The van der Waals surface area contributed by atoms with E-state index in [4.69, 9.17) is 0 Å². The van der Waals surface area contributed by atoms with E-state index in [1.54, 1.807) is 0 Å². The Labute approximate surface area is 156 Å². The van der Waals surface area contributed by atoms with Crippen molar-refractivity contribution < 1.29 is 4.57 Å². The van der Waals surface area contributed by atoms with Crippen LogP contribution in [0.25, 0.3) is 0 Å². The van der Waals surface area contributed by atoms with Crippen LogP contribution < -0.4 is 10.6 Å². The zero-order chi connectivity index (χ0) is 17.6. The molecule has 0 radical (unpaired) electrons. The van der Waals surface area contributed by atoms with Crippen LogP contribution in [0.3, 0.4) is 0 Å². The predicted octanol–water partition coefficient (Wildman–Crippen LogP) is 5.79. The summed E-state index contributed by atoms with van der Waals surface area (Å²) in [6.45, 7) is 0. The summed E-state index contributed by atoms with van der Waals surface area (Å²) in [5.41, 5.74) is 2.94. The minimum Gasteiger partial charge on any atom is -0.309 e. The van der Waals surface area contributed by atoms with Gasteiger partial charge in [0.25, 0.3) is 0 Å². The van der Waals surface area contributed by atoms with Crippen molar-refractivity contribution in [1.29, 1.82) is 0 Å². The molecule has 0 aromatic heterocycles. The summed E-state index contributed by atoms with van der Waals surface area (Å²) >= 11 is 0. The Bertz CT molecular complexity index is 880. The van der Waals surface area contributed by atoms with Gasteiger partial charge in [0.1, 0.15) is 0 Å². The first-order chi connectivity index (χ1) is 12.8. The predicted molar refractivity (Wildman–Crippen MR) is 110 cm³/mol. The van der Waals surface area contributed by atoms with Gasteiger partial charge in [-0.25, -0.2) is 0 Å². The Kier molecular flexibility index (Phi) is 4.02. The first-order valence-electron chi connectivity index (χ1n) is 9.94. The van der Waals surface area contributed by atoms with Gasteiger partial charge in [-0.05, 0) is 55.9 Å². The highest BCUT2D eigenvalue weighted by molar-refractivity contribution is 7.82. The Morgan fingerprint density at radius 2 is 1.46 bits per heavy atom. The molecule has 2 heteroatoms. The van der Waals surface area contributed by atoms with E-state index in [0.29, 0.717) is 11.8 Å². The van der Waals surface area contributed by atoms with Crippen molar-refractivity contribution in [2.45, 2.75) is 38.5 Å². The maximum absolute atomic E-state index is 15.0. The van der Waals surface area contributed by atoms with E-state index in [9.17, 15) is 4.57 Å². The molecule has 3 aliphatic carbocycles. The average molecular weight is 360 g/mol. The van der Waals surface area contributed by atoms with Gasteiger partial charge >= 0.3 is 0 Å². The first-order valence-corrected chi connectivity index (χ1v) is 11.6. The lowest BCUT2D eigenvalue weighted by Crippen LogP contribution is -2.24. The number of allylic oxidation sites excluding steroid dienone is 4. The van der Waals surface area contributed by atoms with E-state index in [2.05, 4.69) is 30.3 Å². The van der Waals surface area contributed by atoms with Gasteiger partial charge in [-0.15, -0.1) is 0 Å². The van der Waals surface area contributed by atoms with E-state index in [1.165, 1.54) is 42.1 Å². The molecule has 2 aromatic rings. The molecule has 0 bridgehead atoms. The minimum absolute atomic E-state index is 0.623. The number of hydrogen-bond acceptors (Lipinski definition) is 1. The molecule has 2 atom stereocenters. The van der Waals surface area contributed by atoms with Crippen molar-refractivity contribution in [3.8, 4) is 0 Å². The lowest BCUT2D eigenvalue weighted by Gasteiger charge is -2.35. The van der Waals surface area contributed by atoms with E-state index in [0.717, 1.165) is 23.5 Å². The van der Waals surface area contributed by atoms with Crippen molar-refractivity contribution in [2.24, 2.45) is 11.8 Å². The van der Waals surface area contributed by atoms with Crippen molar-refractivity contribution in [3.63, 3.8) is 0 Å². The molecule has 26 heavy (non-hydrogen) atoms. The van der Waals surface area contributed by atoms with Crippen molar-refractivity contribution in [2.75, 3.05) is 0 Å². The second-order valence-corrected chi connectivity index (χ2v) is 10.6. The van der Waals surface area contributed by atoms with Crippen LogP contribution in [0, 0.1) is 11.8 Å². The third kappa shape index (κ3) is 2.41. The molecule has 0 spiro atoms. The molecule has 0 heterocycles. The van der Waals surface area contributed by atoms with Gasteiger partial charge in [0.15, 0.2) is 7.14 Å². The fourth-order valence-corrected chi connectivity index (χ4v) is 8.72.